The van der Waals surface area contributed by atoms with Gasteiger partial charge >= 0.3 is 11.9 Å². The average Bonchev–Trinajstić information content (AvgIpc) is 3.22. The maximum absolute atomic E-state index is 12.9. The van der Waals surface area contributed by atoms with Crippen LogP contribution in [-0.2, 0) is 25.2 Å². The van der Waals surface area contributed by atoms with Crippen LogP contribution >= 0.6 is 11.8 Å². The monoisotopic (exact) mass is 488 g/mol. The van der Waals surface area contributed by atoms with Crippen molar-refractivity contribution in [2.75, 3.05) is 0 Å². The lowest BCUT2D eigenvalue weighted by atomic mass is 9.87. The van der Waals surface area contributed by atoms with Crippen LogP contribution in [0.15, 0.2) is 0 Å². The average molecular weight is 489 g/mol. The number of carbonyl (C=O) groups excluding carboxylic acids is 1. The Hall–Kier alpha value is -0.890. The summed E-state index contributed by atoms with van der Waals surface area (Å²) in [6, 6.07) is 0. The van der Waals surface area contributed by atoms with Crippen molar-refractivity contribution in [3.05, 3.63) is 0 Å². The molecule has 0 spiro atoms. The first-order valence-corrected chi connectivity index (χ1v) is 14.1. The topological polar surface area (TPSA) is 109 Å². The van der Waals surface area contributed by atoms with Crippen LogP contribution in [0.2, 0.25) is 0 Å². The van der Waals surface area contributed by atoms with Gasteiger partial charge in [0, 0.05) is 33.0 Å². The molecule has 5 unspecified atom stereocenters. The zero-order valence-corrected chi connectivity index (χ0v) is 21.6. The molecule has 2 heterocycles. The number of hydrogen-bond donors (Lipinski definition) is 2. The molecule has 2 fully saturated rings. The predicted molar refractivity (Wildman–Crippen MR) is 130 cm³/mol. The van der Waals surface area contributed by atoms with Crippen molar-refractivity contribution in [2.45, 2.75) is 119 Å². The summed E-state index contributed by atoms with van der Waals surface area (Å²) in [5.74, 6) is -1.28. The second kappa shape index (κ2) is 11.5. The van der Waals surface area contributed by atoms with E-state index in [9.17, 15) is 28.8 Å². The van der Waals surface area contributed by atoms with Crippen LogP contribution in [-0.4, -0.2) is 53.1 Å². The third kappa shape index (κ3) is 7.57. The van der Waals surface area contributed by atoms with Gasteiger partial charge in [0.25, 0.3) is 0 Å². The molecule has 2 N–H and O–H groups in total. The highest BCUT2D eigenvalue weighted by Gasteiger charge is 2.37. The van der Waals surface area contributed by atoms with E-state index in [2.05, 4.69) is 0 Å². The summed E-state index contributed by atoms with van der Waals surface area (Å²) in [7, 11) is -0.900. The fraction of sp³-hybridized carbons (Fsp3) is 0.875. The summed E-state index contributed by atoms with van der Waals surface area (Å²) in [6.45, 7) is 6.96. The quantitative estimate of drug-likeness (QED) is 0.373. The Balaban J connectivity index is 1.70. The van der Waals surface area contributed by atoms with E-state index in [1.54, 1.807) is 39.5 Å². The highest BCUT2D eigenvalue weighted by molar-refractivity contribution is 8.01. The molecule has 6 nitrogen and oxygen atoms in total. The molecule has 0 aromatic rings. The zero-order valence-electron chi connectivity index (χ0n) is 19.9. The molecule has 0 bridgehead atoms. The first-order chi connectivity index (χ1) is 14.8. The summed E-state index contributed by atoms with van der Waals surface area (Å²) in [4.78, 5) is 34.9. The van der Waals surface area contributed by atoms with Crippen molar-refractivity contribution >= 4 is 40.3 Å². The Morgan fingerprint density at radius 2 is 1.41 bits per heavy atom. The summed E-state index contributed by atoms with van der Waals surface area (Å²) in [5, 5.41) is 19.0. The minimum absolute atomic E-state index is 0.0140. The van der Waals surface area contributed by atoms with E-state index >= 15 is 0 Å². The lowest BCUT2D eigenvalue weighted by Gasteiger charge is -2.20. The van der Waals surface area contributed by atoms with Crippen LogP contribution < -0.4 is 0 Å². The molecule has 0 saturated carbocycles. The smallest absolute Gasteiger partial charge is 0.309 e. The second-order valence-electron chi connectivity index (χ2n) is 10.8. The van der Waals surface area contributed by atoms with Crippen molar-refractivity contribution in [2.24, 2.45) is 10.8 Å². The van der Waals surface area contributed by atoms with Gasteiger partial charge in [-0.25, -0.2) is 0 Å². The number of carboxylic acid groups (broad SMARTS) is 2. The molecule has 2 aliphatic rings. The lowest BCUT2D eigenvalue weighted by molar-refractivity contribution is -0.148. The van der Waals surface area contributed by atoms with Crippen LogP contribution in [0.4, 0.5) is 0 Å². The van der Waals surface area contributed by atoms with Gasteiger partial charge in [0.15, 0.2) is 0 Å². The Morgan fingerprint density at radius 3 is 1.94 bits per heavy atom. The third-order valence-electron chi connectivity index (χ3n) is 7.18. The first kappa shape index (κ1) is 27.4. The van der Waals surface area contributed by atoms with Crippen LogP contribution in [0.3, 0.4) is 0 Å². The summed E-state index contributed by atoms with van der Waals surface area (Å²) < 4.78 is 12.9. The molecular formula is C24H40O6S2. The van der Waals surface area contributed by atoms with Gasteiger partial charge in [0.1, 0.15) is 5.78 Å². The van der Waals surface area contributed by atoms with E-state index in [1.807, 2.05) is 0 Å². The molecule has 184 valence electrons. The maximum atomic E-state index is 12.9. The standard InChI is InChI=1S/C24H40O6S2/c1-23(2,21(26)27)13-5-7-16-15-19(25)20(31-16)12-11-18-10-9-17(32(18)30)8-6-14-24(3,4)22(28)29/h16-18,20H,5-15H2,1-4H3,(H,26,27)(H,28,29). The Kier molecular flexibility index (Phi) is 9.83. The molecule has 0 aromatic heterocycles. The number of aliphatic carboxylic acids is 2. The minimum Gasteiger partial charge on any atom is -0.481 e. The summed E-state index contributed by atoms with van der Waals surface area (Å²) in [5.41, 5.74) is -1.46. The molecule has 32 heavy (non-hydrogen) atoms. The number of hydrogen-bond acceptors (Lipinski definition) is 5. The van der Waals surface area contributed by atoms with Crippen LogP contribution in [0, 0.1) is 10.8 Å². The maximum Gasteiger partial charge on any atom is 0.309 e. The van der Waals surface area contributed by atoms with Gasteiger partial charge in [0.2, 0.25) is 0 Å². The lowest BCUT2D eigenvalue weighted by Crippen LogP contribution is -2.24. The third-order valence-corrected chi connectivity index (χ3v) is 11.0. The largest absolute Gasteiger partial charge is 0.481 e. The highest BCUT2D eigenvalue weighted by Crippen LogP contribution is 2.39. The molecule has 2 rings (SSSR count). The van der Waals surface area contributed by atoms with Gasteiger partial charge in [-0.15, -0.1) is 11.8 Å². The van der Waals surface area contributed by atoms with Gasteiger partial charge in [-0.3, -0.25) is 18.6 Å². The van der Waals surface area contributed by atoms with Crippen LogP contribution in [0.5, 0.6) is 0 Å². The van der Waals surface area contributed by atoms with E-state index in [0.717, 1.165) is 51.4 Å². The van der Waals surface area contributed by atoms with Crippen LogP contribution in [0.1, 0.15) is 98.3 Å². The minimum atomic E-state index is -0.900. The molecule has 0 aliphatic carbocycles. The Bertz CT molecular complexity index is 715. The normalized spacial score (nSPS) is 28.9. The van der Waals surface area contributed by atoms with Crippen molar-refractivity contribution in [3.8, 4) is 0 Å². The predicted octanol–water partition coefficient (Wildman–Crippen LogP) is 5.05. The molecule has 8 heteroatoms. The van der Waals surface area contributed by atoms with Gasteiger partial charge in [-0.1, -0.05) is 12.8 Å². The van der Waals surface area contributed by atoms with E-state index in [4.69, 9.17) is 0 Å². The number of carbonyl (C=O) groups is 3. The molecule has 0 amide bonds. The zero-order chi connectivity index (χ0) is 24.1. The number of Topliss-reactive ketones (excluding diaryl/α,β-unsaturated/α-hetero) is 1. The van der Waals surface area contributed by atoms with Crippen molar-refractivity contribution in [1.29, 1.82) is 0 Å². The number of carboxylic acids is 2. The SMILES string of the molecule is CC(C)(CCCC1CC(=O)C(CCC2CCC(CCCC(C)(C)C(=O)O)S2=O)S1)C(=O)O. The molecular weight excluding hydrogens is 448 g/mol. The molecule has 2 aliphatic heterocycles. The number of rotatable bonds is 13. The second-order valence-corrected chi connectivity index (χ2v) is 14.3. The van der Waals surface area contributed by atoms with Crippen molar-refractivity contribution < 1.29 is 28.8 Å². The number of thioether (sulfide) groups is 1. The molecule has 5 atom stereocenters. The highest BCUT2D eigenvalue weighted by atomic mass is 32.2. The van der Waals surface area contributed by atoms with Gasteiger partial charge in [-0.05, 0) is 79.1 Å². The molecule has 2 saturated heterocycles. The fourth-order valence-electron chi connectivity index (χ4n) is 4.60. The molecule has 0 radical (unpaired) electrons. The number of ketones is 1. The van der Waals surface area contributed by atoms with E-state index in [0.29, 0.717) is 19.3 Å². The van der Waals surface area contributed by atoms with Gasteiger partial charge in [-0.2, -0.15) is 0 Å². The summed E-state index contributed by atoms with van der Waals surface area (Å²) in [6.07, 6.45) is 8.49. The fourth-order valence-corrected chi connectivity index (χ4v) is 8.20. The van der Waals surface area contributed by atoms with Crippen molar-refractivity contribution in [3.63, 3.8) is 0 Å². The van der Waals surface area contributed by atoms with E-state index < -0.39 is 33.6 Å². The van der Waals surface area contributed by atoms with E-state index in [-0.39, 0.29) is 26.8 Å². The van der Waals surface area contributed by atoms with Gasteiger partial charge < -0.3 is 10.2 Å². The van der Waals surface area contributed by atoms with Gasteiger partial charge in [0.05, 0.1) is 16.1 Å². The van der Waals surface area contributed by atoms with E-state index in [1.165, 1.54) is 0 Å². The summed E-state index contributed by atoms with van der Waals surface area (Å²) >= 11 is 1.73. The Labute approximate surface area is 199 Å². The first-order valence-electron chi connectivity index (χ1n) is 11.9. The molecule has 0 aromatic carbocycles. The van der Waals surface area contributed by atoms with Crippen molar-refractivity contribution in [1.82, 2.24) is 0 Å². The van der Waals surface area contributed by atoms with Crippen LogP contribution in [0.25, 0.3) is 0 Å². The Morgan fingerprint density at radius 1 is 0.906 bits per heavy atom.